The number of carbonyl (C=O) groups excluding carboxylic acids is 4. The van der Waals surface area contributed by atoms with E-state index in [4.69, 9.17) is 24.4 Å². The van der Waals surface area contributed by atoms with Gasteiger partial charge in [-0.05, 0) is 44.4 Å². The van der Waals surface area contributed by atoms with Crippen molar-refractivity contribution < 1.29 is 58.6 Å². The molecule has 278 valence electrons. The lowest BCUT2D eigenvalue weighted by Crippen LogP contribution is -2.20. The van der Waals surface area contributed by atoms with Gasteiger partial charge in [-0.2, -0.15) is 0 Å². The highest BCUT2D eigenvalue weighted by atomic mass is 32.2. The molecule has 0 saturated heterocycles. The van der Waals surface area contributed by atoms with Crippen molar-refractivity contribution in [1.29, 1.82) is 0 Å². The number of esters is 2. The minimum Gasteiger partial charge on any atom is -0.461 e. The summed E-state index contributed by atoms with van der Waals surface area (Å²) < 4.78 is 21.2. The number of benzene rings is 1. The molecule has 6 N–H and O–H groups in total. The Morgan fingerprint density at radius 2 is 1.40 bits per heavy atom. The Bertz CT molecular complexity index is 1380. The summed E-state index contributed by atoms with van der Waals surface area (Å²) in [5, 5.41) is 49.0. The van der Waals surface area contributed by atoms with Crippen LogP contribution in [0.3, 0.4) is 0 Å². The smallest absolute Gasteiger partial charge is 0.411 e. The Hall–Kier alpha value is -3.72. The number of nitrogens with zero attached hydrogens (tertiary/aromatic N) is 2. The van der Waals surface area contributed by atoms with Crippen LogP contribution in [0.4, 0.5) is 21.0 Å². The SMILES string of the molecule is C=C(C)C(=O)OCCSc1nnc(SCCCC(O)CO)s1.C=CC(=O)OCCOC(=O)Nc1cccc(NC(=O)OCCC(O)CO)c1C. The number of ether oxygens (including phenoxy) is 4. The number of aliphatic hydroxyl groups excluding tert-OH is 4. The first-order chi connectivity index (χ1) is 23.9. The van der Waals surface area contributed by atoms with Crippen LogP contribution in [0.1, 0.15) is 31.7 Å². The third-order valence-electron chi connectivity index (χ3n) is 5.83. The molecule has 2 rings (SSSR count). The van der Waals surface area contributed by atoms with Gasteiger partial charge in [-0.25, -0.2) is 19.2 Å². The molecule has 0 aliphatic carbocycles. The van der Waals surface area contributed by atoms with Crippen molar-refractivity contribution in [3.63, 3.8) is 0 Å². The molecule has 0 saturated carbocycles. The van der Waals surface area contributed by atoms with Gasteiger partial charge in [0.1, 0.15) is 19.8 Å². The third-order valence-corrected chi connectivity index (χ3v) is 9.07. The highest BCUT2D eigenvalue weighted by Crippen LogP contribution is 2.29. The Kier molecular flexibility index (Phi) is 23.2. The van der Waals surface area contributed by atoms with Crippen LogP contribution in [-0.2, 0) is 28.5 Å². The maximum atomic E-state index is 11.8. The molecule has 2 unspecified atom stereocenters. The molecule has 1 heterocycles. The first-order valence-electron chi connectivity index (χ1n) is 15.2. The number of carbonyl (C=O) groups is 4. The average Bonchev–Trinajstić information content (AvgIpc) is 3.55. The maximum absolute atomic E-state index is 11.8. The van der Waals surface area contributed by atoms with E-state index in [2.05, 4.69) is 38.7 Å². The van der Waals surface area contributed by atoms with Crippen LogP contribution in [0.25, 0.3) is 0 Å². The molecule has 0 aliphatic rings. The minimum atomic E-state index is -0.951. The lowest BCUT2D eigenvalue weighted by molar-refractivity contribution is -0.139. The molecule has 0 radical (unpaired) electrons. The number of hydrogen-bond donors (Lipinski definition) is 6. The molecular formula is C31H44N4O12S3. The first-order valence-corrected chi connectivity index (χ1v) is 17.9. The van der Waals surface area contributed by atoms with E-state index in [1.165, 1.54) is 23.1 Å². The van der Waals surface area contributed by atoms with Gasteiger partial charge in [0, 0.05) is 41.0 Å². The largest absolute Gasteiger partial charge is 0.461 e. The lowest BCUT2D eigenvalue weighted by atomic mass is 10.1. The van der Waals surface area contributed by atoms with Crippen molar-refractivity contribution in [1.82, 2.24) is 10.2 Å². The van der Waals surface area contributed by atoms with Crippen LogP contribution in [0.5, 0.6) is 0 Å². The average molecular weight is 761 g/mol. The molecule has 0 spiro atoms. The number of hydrogen-bond acceptors (Lipinski definition) is 17. The zero-order chi connectivity index (χ0) is 37.3. The molecule has 1 aromatic carbocycles. The van der Waals surface area contributed by atoms with E-state index in [9.17, 15) is 29.4 Å². The van der Waals surface area contributed by atoms with Gasteiger partial charge in [0.25, 0.3) is 0 Å². The van der Waals surface area contributed by atoms with Gasteiger partial charge in [-0.15, -0.1) is 10.2 Å². The molecule has 2 atom stereocenters. The summed E-state index contributed by atoms with van der Waals surface area (Å²) in [7, 11) is 0. The lowest BCUT2D eigenvalue weighted by Gasteiger charge is -2.14. The number of amides is 2. The quantitative estimate of drug-likeness (QED) is 0.0351. The molecule has 0 fully saturated rings. The summed E-state index contributed by atoms with van der Waals surface area (Å²) >= 11 is 4.57. The molecule has 0 bridgehead atoms. The van der Waals surface area contributed by atoms with Crippen LogP contribution in [-0.4, -0.2) is 118 Å². The van der Waals surface area contributed by atoms with Crippen molar-refractivity contribution in [2.45, 2.75) is 54.0 Å². The fourth-order valence-corrected chi connectivity index (χ4v) is 6.12. The van der Waals surface area contributed by atoms with E-state index >= 15 is 0 Å². The van der Waals surface area contributed by atoms with Crippen molar-refractivity contribution in [2.75, 3.05) is 61.8 Å². The van der Waals surface area contributed by atoms with Crippen LogP contribution in [0.15, 0.2) is 51.7 Å². The molecule has 2 amide bonds. The topological polar surface area (TPSA) is 236 Å². The molecule has 50 heavy (non-hydrogen) atoms. The second-order valence-electron chi connectivity index (χ2n) is 9.92. The Morgan fingerprint density at radius 1 is 0.860 bits per heavy atom. The summed E-state index contributed by atoms with van der Waals surface area (Å²) in [6.07, 6.45) is -0.576. The van der Waals surface area contributed by atoms with E-state index in [0.717, 1.165) is 26.9 Å². The third kappa shape index (κ3) is 20.1. The summed E-state index contributed by atoms with van der Waals surface area (Å²) in [6, 6.07) is 4.84. The van der Waals surface area contributed by atoms with Gasteiger partial charge >= 0.3 is 24.1 Å². The van der Waals surface area contributed by atoms with Gasteiger partial charge in [-0.3, -0.25) is 10.6 Å². The summed E-state index contributed by atoms with van der Waals surface area (Å²) in [5.74, 6) is 0.462. The predicted octanol–water partition coefficient (Wildman–Crippen LogP) is 3.54. The number of aliphatic hydroxyl groups is 4. The zero-order valence-corrected chi connectivity index (χ0v) is 30.3. The second kappa shape index (κ2) is 26.1. The van der Waals surface area contributed by atoms with E-state index < -0.39 is 37.0 Å². The predicted molar refractivity (Wildman–Crippen MR) is 189 cm³/mol. The number of aromatic nitrogens is 2. The standard InChI is InChI=1S/C18H24N2O8.C13H20N2O4S3/c1-3-16(23)26-9-10-28-18(25)20-15-6-4-5-14(12(15)2)19-17(24)27-8-7-13(22)11-21;1-9(2)11(18)19-5-7-21-13-15-14-12(22-13)20-6-3-4-10(17)8-16/h3-6,13,21-22H,1,7-11H2,2H3,(H,19,24)(H,20,25);10,16-17H,1,3-8H2,2H3. The van der Waals surface area contributed by atoms with Crippen LogP contribution >= 0.6 is 34.9 Å². The fourth-order valence-electron chi connectivity index (χ4n) is 3.18. The van der Waals surface area contributed by atoms with Crippen molar-refractivity contribution >= 4 is 70.4 Å². The van der Waals surface area contributed by atoms with E-state index in [-0.39, 0.29) is 38.8 Å². The fraction of sp³-hybridized carbons (Fsp3) is 0.484. The van der Waals surface area contributed by atoms with Crippen molar-refractivity contribution in [3.05, 3.63) is 48.6 Å². The number of rotatable bonds is 21. The maximum Gasteiger partial charge on any atom is 0.411 e. The van der Waals surface area contributed by atoms with Crippen LogP contribution < -0.4 is 10.6 Å². The molecule has 2 aromatic rings. The number of nitrogens with one attached hydrogen (secondary N) is 2. The van der Waals surface area contributed by atoms with E-state index in [0.29, 0.717) is 41.3 Å². The van der Waals surface area contributed by atoms with E-state index in [1.807, 2.05) is 0 Å². The van der Waals surface area contributed by atoms with E-state index in [1.54, 1.807) is 43.8 Å². The molecule has 19 heteroatoms. The van der Waals surface area contributed by atoms with Crippen LogP contribution in [0, 0.1) is 6.92 Å². The van der Waals surface area contributed by atoms with Crippen molar-refractivity contribution in [3.8, 4) is 0 Å². The highest BCUT2D eigenvalue weighted by Gasteiger charge is 2.13. The minimum absolute atomic E-state index is 0.0622. The van der Waals surface area contributed by atoms with Crippen molar-refractivity contribution in [2.24, 2.45) is 0 Å². The number of anilines is 2. The van der Waals surface area contributed by atoms with Gasteiger partial charge in [0.2, 0.25) is 0 Å². The Morgan fingerprint density at radius 3 is 1.96 bits per heavy atom. The Labute approximate surface area is 302 Å². The second-order valence-corrected chi connectivity index (χ2v) is 13.6. The summed E-state index contributed by atoms with van der Waals surface area (Å²) in [4.78, 5) is 45.6. The normalized spacial score (nSPS) is 11.6. The number of thioether (sulfide) groups is 2. The first kappa shape index (κ1) is 44.3. The zero-order valence-electron chi connectivity index (χ0n) is 27.8. The van der Waals surface area contributed by atoms with Crippen LogP contribution in [0.2, 0.25) is 0 Å². The molecule has 0 aliphatic heterocycles. The molecule has 16 nitrogen and oxygen atoms in total. The highest BCUT2D eigenvalue weighted by molar-refractivity contribution is 8.03. The van der Waals surface area contributed by atoms with Gasteiger partial charge < -0.3 is 39.4 Å². The molecule has 1 aromatic heterocycles. The van der Waals surface area contributed by atoms with Gasteiger partial charge in [-0.1, -0.05) is 54.1 Å². The summed E-state index contributed by atoms with van der Waals surface area (Å²) in [5.41, 5.74) is 1.77. The van der Waals surface area contributed by atoms with Gasteiger partial charge in [0.05, 0.1) is 32.0 Å². The summed E-state index contributed by atoms with van der Waals surface area (Å²) in [6.45, 7) is 9.46. The molecular weight excluding hydrogens is 717 g/mol. The monoisotopic (exact) mass is 760 g/mol. The van der Waals surface area contributed by atoms with Gasteiger partial charge in [0.15, 0.2) is 8.68 Å². The Balaban J connectivity index is 0.000000515.